The van der Waals surface area contributed by atoms with Crippen molar-refractivity contribution in [3.63, 3.8) is 0 Å². The zero-order chi connectivity index (χ0) is 8.48. The van der Waals surface area contributed by atoms with Crippen molar-refractivity contribution in [2.24, 2.45) is 0 Å². The second kappa shape index (κ2) is 3.03. The Morgan fingerprint density at radius 3 is 2.45 bits per heavy atom. The first kappa shape index (κ1) is 8.87. The highest BCUT2D eigenvalue weighted by Gasteiger charge is 2.18. The van der Waals surface area contributed by atoms with E-state index in [0.717, 1.165) is 5.16 Å². The van der Waals surface area contributed by atoms with Crippen LogP contribution < -0.4 is 0 Å². The first-order valence-corrected chi connectivity index (χ1v) is 8.30. The topological polar surface area (TPSA) is 17.8 Å². The van der Waals surface area contributed by atoms with Gasteiger partial charge in [0, 0.05) is 12.4 Å². The van der Waals surface area contributed by atoms with Gasteiger partial charge in [-0.15, -0.1) is 0 Å². The van der Waals surface area contributed by atoms with E-state index in [-0.39, 0.29) is 0 Å². The molecule has 62 valence electrons. The Balaban J connectivity index is 3.02. The molecule has 0 radical (unpaired) electrons. The summed E-state index contributed by atoms with van der Waals surface area (Å²) in [7, 11) is -1.21. The summed E-state index contributed by atoms with van der Waals surface area (Å²) in [5.41, 5.74) is 0. The van der Waals surface area contributed by atoms with E-state index in [2.05, 4.69) is 41.3 Å². The monoisotopic (exact) mass is 186 g/mol. The second-order valence-electron chi connectivity index (χ2n) is 3.45. The summed E-state index contributed by atoms with van der Waals surface area (Å²) in [6, 6.07) is 0. The Labute approximate surface area is 73.1 Å². The van der Waals surface area contributed by atoms with Crippen LogP contribution in [0, 0.1) is 0 Å². The van der Waals surface area contributed by atoms with Crippen LogP contribution in [0.3, 0.4) is 0 Å². The molecule has 0 aliphatic carbocycles. The molecule has 0 spiro atoms. The summed E-state index contributed by atoms with van der Waals surface area (Å²) >= 11 is 1.72. The van der Waals surface area contributed by atoms with Crippen molar-refractivity contribution in [1.82, 2.24) is 9.22 Å². The molecule has 4 heteroatoms. The van der Waals surface area contributed by atoms with Gasteiger partial charge in [-0.1, -0.05) is 31.4 Å². The van der Waals surface area contributed by atoms with Gasteiger partial charge < -0.3 is 4.23 Å². The largest absolute Gasteiger partial charge is 0.354 e. The molecule has 0 atom stereocenters. The molecule has 0 saturated heterocycles. The van der Waals surface area contributed by atoms with Crippen molar-refractivity contribution in [2.75, 3.05) is 6.26 Å². The minimum Gasteiger partial charge on any atom is -0.354 e. The predicted molar refractivity (Wildman–Crippen MR) is 52.8 cm³/mol. The summed E-state index contributed by atoms with van der Waals surface area (Å²) in [6.07, 6.45) is 6.03. The lowest BCUT2D eigenvalue weighted by atomic mass is 11.0. The predicted octanol–water partition coefficient (Wildman–Crippen LogP) is 2.29. The van der Waals surface area contributed by atoms with Gasteiger partial charge in [0.25, 0.3) is 0 Å². The van der Waals surface area contributed by atoms with E-state index in [1.807, 2.05) is 6.20 Å². The van der Waals surface area contributed by atoms with E-state index in [1.54, 1.807) is 11.8 Å². The lowest BCUT2D eigenvalue weighted by molar-refractivity contribution is 0.945. The minimum atomic E-state index is -1.21. The molecule has 11 heavy (non-hydrogen) atoms. The summed E-state index contributed by atoms with van der Waals surface area (Å²) in [5.74, 6) is 0. The van der Waals surface area contributed by atoms with Crippen LogP contribution >= 0.6 is 11.8 Å². The van der Waals surface area contributed by atoms with Crippen LogP contribution in [0.5, 0.6) is 0 Å². The van der Waals surface area contributed by atoms with Crippen molar-refractivity contribution < 1.29 is 0 Å². The van der Waals surface area contributed by atoms with Gasteiger partial charge in [0.05, 0.1) is 0 Å². The number of rotatable bonds is 2. The summed E-state index contributed by atoms with van der Waals surface area (Å²) < 4.78 is 2.32. The third-order valence-electron chi connectivity index (χ3n) is 1.51. The highest BCUT2D eigenvalue weighted by molar-refractivity contribution is 7.98. The molecule has 1 aromatic rings. The zero-order valence-electron chi connectivity index (χ0n) is 7.46. The van der Waals surface area contributed by atoms with E-state index in [0.29, 0.717) is 0 Å². The fraction of sp³-hybridized carbons (Fsp3) is 0.571. The molecule has 0 amide bonds. The number of imidazole rings is 1. The molecular weight excluding hydrogens is 172 g/mol. The summed E-state index contributed by atoms with van der Waals surface area (Å²) in [5, 5.41) is 1.14. The maximum absolute atomic E-state index is 4.26. The number of nitrogens with zero attached hydrogens (tertiary/aromatic N) is 2. The van der Waals surface area contributed by atoms with Crippen LogP contribution in [0.4, 0.5) is 0 Å². The van der Waals surface area contributed by atoms with Crippen molar-refractivity contribution in [2.45, 2.75) is 24.8 Å². The second-order valence-corrected chi connectivity index (χ2v) is 9.05. The highest BCUT2D eigenvalue weighted by Crippen LogP contribution is 2.16. The van der Waals surface area contributed by atoms with E-state index >= 15 is 0 Å². The van der Waals surface area contributed by atoms with E-state index < -0.39 is 8.24 Å². The quantitative estimate of drug-likeness (QED) is 0.521. The Bertz CT molecular complexity index is 239. The van der Waals surface area contributed by atoms with Gasteiger partial charge >= 0.3 is 0 Å². The van der Waals surface area contributed by atoms with Gasteiger partial charge in [0.2, 0.25) is 0 Å². The Morgan fingerprint density at radius 1 is 1.45 bits per heavy atom. The van der Waals surface area contributed by atoms with Crippen LogP contribution in [0.15, 0.2) is 17.6 Å². The van der Waals surface area contributed by atoms with Crippen LogP contribution in [-0.4, -0.2) is 23.7 Å². The molecule has 0 aromatic carbocycles. The number of aromatic nitrogens is 2. The van der Waals surface area contributed by atoms with E-state index in [9.17, 15) is 0 Å². The van der Waals surface area contributed by atoms with E-state index in [4.69, 9.17) is 0 Å². The van der Waals surface area contributed by atoms with Crippen molar-refractivity contribution in [3.05, 3.63) is 12.4 Å². The Morgan fingerprint density at radius 2 is 2.09 bits per heavy atom. The molecule has 1 rings (SSSR count). The molecule has 0 unspecified atom stereocenters. The first-order valence-electron chi connectivity index (χ1n) is 3.63. The smallest absolute Gasteiger partial charge is 0.159 e. The van der Waals surface area contributed by atoms with Gasteiger partial charge in [0.15, 0.2) is 13.4 Å². The average molecular weight is 186 g/mol. The van der Waals surface area contributed by atoms with Crippen molar-refractivity contribution >= 4 is 20.0 Å². The zero-order valence-corrected chi connectivity index (χ0v) is 9.27. The van der Waals surface area contributed by atoms with Gasteiger partial charge in [-0.05, 0) is 6.26 Å². The molecule has 1 heterocycles. The van der Waals surface area contributed by atoms with Gasteiger partial charge in [-0.2, -0.15) is 0 Å². The average Bonchev–Trinajstić information content (AvgIpc) is 2.31. The van der Waals surface area contributed by atoms with Gasteiger partial charge in [-0.25, -0.2) is 4.98 Å². The van der Waals surface area contributed by atoms with Crippen molar-refractivity contribution in [1.29, 1.82) is 0 Å². The van der Waals surface area contributed by atoms with Gasteiger partial charge in [-0.3, -0.25) is 0 Å². The van der Waals surface area contributed by atoms with Crippen LogP contribution in [0.2, 0.25) is 19.6 Å². The molecule has 1 aromatic heterocycles. The molecule has 0 aliphatic heterocycles. The SMILES string of the molecule is CSc1nccn1[Si](C)(C)C. The normalized spacial score (nSPS) is 12.0. The van der Waals surface area contributed by atoms with E-state index in [1.165, 1.54) is 0 Å². The fourth-order valence-electron chi connectivity index (χ4n) is 0.951. The number of thioether (sulfide) groups is 1. The lowest BCUT2D eigenvalue weighted by Gasteiger charge is -2.19. The maximum atomic E-state index is 4.26. The van der Waals surface area contributed by atoms with Crippen molar-refractivity contribution in [3.8, 4) is 0 Å². The van der Waals surface area contributed by atoms with Crippen LogP contribution in [0.25, 0.3) is 0 Å². The van der Waals surface area contributed by atoms with Crippen LogP contribution in [0.1, 0.15) is 0 Å². The fourth-order valence-corrected chi connectivity index (χ4v) is 3.62. The maximum Gasteiger partial charge on any atom is 0.159 e. The number of hydrogen-bond donors (Lipinski definition) is 0. The third-order valence-corrected chi connectivity index (χ3v) is 4.15. The molecular formula is C7H14N2SSi. The number of hydrogen-bond acceptors (Lipinski definition) is 2. The summed E-state index contributed by atoms with van der Waals surface area (Å²) in [4.78, 5) is 4.26. The standard InChI is InChI=1S/C7H14N2SSi/c1-10-7-8-5-6-9(7)11(2,3)4/h5-6H,1-4H3. The first-order chi connectivity index (χ1) is 5.05. The Kier molecular flexibility index (Phi) is 2.44. The van der Waals surface area contributed by atoms with Gasteiger partial charge in [0.1, 0.15) is 0 Å². The molecule has 0 N–H and O–H groups in total. The molecule has 0 fully saturated rings. The lowest BCUT2D eigenvalue weighted by Crippen LogP contribution is -2.31. The molecule has 0 bridgehead atoms. The minimum absolute atomic E-state index is 1.14. The highest BCUT2D eigenvalue weighted by atomic mass is 32.2. The van der Waals surface area contributed by atoms with Crippen LogP contribution in [-0.2, 0) is 0 Å². The third kappa shape index (κ3) is 1.87. The summed E-state index contributed by atoms with van der Waals surface area (Å²) in [6.45, 7) is 6.94. The molecule has 0 aliphatic rings. The Hall–Kier alpha value is -0.223. The molecule has 2 nitrogen and oxygen atoms in total. The molecule has 0 saturated carbocycles.